The number of rotatable bonds is 6. The van der Waals surface area contributed by atoms with Crippen molar-refractivity contribution in [2.45, 2.75) is 6.92 Å². The Hall–Kier alpha value is -6.26. The van der Waals surface area contributed by atoms with E-state index in [9.17, 15) is 0 Å². The summed E-state index contributed by atoms with van der Waals surface area (Å²) in [6, 6.07) is 43.9. The third-order valence-corrected chi connectivity index (χ3v) is 8.55. The first-order valence-electron chi connectivity index (χ1n) is 15.7. The molecule has 0 bridgehead atoms. The summed E-state index contributed by atoms with van der Waals surface area (Å²) >= 11 is 0. The van der Waals surface area contributed by atoms with E-state index in [-0.39, 0.29) is 0 Å². The molecule has 0 amide bonds. The summed E-state index contributed by atoms with van der Waals surface area (Å²) in [4.78, 5) is 20.5. The fourth-order valence-electron chi connectivity index (χ4n) is 6.08. The molecule has 0 aliphatic rings. The van der Waals surface area contributed by atoms with Crippen molar-refractivity contribution in [1.82, 2.24) is 19.9 Å². The molecule has 4 aromatic heterocycles. The van der Waals surface area contributed by atoms with Crippen LogP contribution in [0.4, 0.5) is 0 Å². The number of hydrogen-bond acceptors (Lipinski definition) is 4. The van der Waals surface area contributed by atoms with E-state index in [0.29, 0.717) is 0 Å². The van der Waals surface area contributed by atoms with Gasteiger partial charge in [0, 0.05) is 38.2 Å². The summed E-state index contributed by atoms with van der Waals surface area (Å²) in [5, 5.41) is 4.22. The Kier molecular flexibility index (Phi) is 7.16. The second kappa shape index (κ2) is 11.9. The van der Waals surface area contributed by atoms with Crippen LogP contribution in [0, 0.1) is 0 Å². The molecule has 0 fully saturated rings. The lowest BCUT2D eigenvalue weighted by atomic mass is 10.0. The van der Waals surface area contributed by atoms with Gasteiger partial charge in [0.25, 0.3) is 0 Å². The SMILES string of the molecule is C=C/C(=C\C=C/C)c1ccc2ccc3ccc(-c4cccc(-c5ccc6ccc7ccc(-c8ccccc8)nc7c6n5)c4)nc3c2n1. The molecule has 0 saturated carbocycles. The molecule has 0 radical (unpaired) electrons. The minimum atomic E-state index is 0.868. The van der Waals surface area contributed by atoms with Crippen molar-refractivity contribution in [2.24, 2.45) is 0 Å². The first-order chi connectivity index (χ1) is 23.2. The first kappa shape index (κ1) is 28.2. The summed E-state index contributed by atoms with van der Waals surface area (Å²) in [6.07, 6.45) is 7.86. The van der Waals surface area contributed by atoms with Crippen molar-refractivity contribution in [1.29, 1.82) is 0 Å². The maximum Gasteiger partial charge on any atom is 0.0972 e. The van der Waals surface area contributed by atoms with Crippen LogP contribution in [-0.2, 0) is 0 Å². The van der Waals surface area contributed by atoms with Gasteiger partial charge in [0.15, 0.2) is 0 Å². The summed E-state index contributed by atoms with van der Waals surface area (Å²) in [5.41, 5.74) is 11.2. The highest BCUT2D eigenvalue weighted by molar-refractivity contribution is 6.05. The summed E-state index contributed by atoms with van der Waals surface area (Å²) in [6.45, 7) is 6.00. The van der Waals surface area contributed by atoms with Crippen LogP contribution in [-0.4, -0.2) is 19.9 Å². The third-order valence-electron chi connectivity index (χ3n) is 8.55. The molecule has 0 aliphatic carbocycles. The van der Waals surface area contributed by atoms with Crippen molar-refractivity contribution < 1.29 is 0 Å². The number of pyridine rings is 4. The van der Waals surface area contributed by atoms with Crippen LogP contribution in [0.15, 0.2) is 158 Å². The molecule has 0 saturated heterocycles. The molecule has 4 aromatic carbocycles. The van der Waals surface area contributed by atoms with Crippen LogP contribution in [0.3, 0.4) is 0 Å². The van der Waals surface area contributed by atoms with Gasteiger partial charge in [-0.2, -0.15) is 0 Å². The van der Waals surface area contributed by atoms with E-state index in [1.54, 1.807) is 0 Å². The molecule has 4 nitrogen and oxygen atoms in total. The van der Waals surface area contributed by atoms with E-state index in [0.717, 1.165) is 88.7 Å². The second-order valence-electron chi connectivity index (χ2n) is 11.5. The highest BCUT2D eigenvalue weighted by atomic mass is 14.8. The van der Waals surface area contributed by atoms with Gasteiger partial charge < -0.3 is 0 Å². The summed E-state index contributed by atoms with van der Waals surface area (Å²) in [5.74, 6) is 0. The van der Waals surface area contributed by atoms with Gasteiger partial charge in [-0.1, -0.05) is 128 Å². The van der Waals surface area contributed by atoms with E-state index in [1.807, 2.05) is 55.5 Å². The number of fused-ring (bicyclic) bond motifs is 6. The average Bonchev–Trinajstić information content (AvgIpc) is 3.14. The highest BCUT2D eigenvalue weighted by Gasteiger charge is 2.12. The largest absolute Gasteiger partial charge is 0.245 e. The molecule has 222 valence electrons. The zero-order valence-corrected chi connectivity index (χ0v) is 25.9. The Balaban J connectivity index is 1.22. The Bertz CT molecular complexity index is 2550. The van der Waals surface area contributed by atoms with Gasteiger partial charge in [-0.25, -0.2) is 19.9 Å². The number of nitrogens with zero attached hydrogens (tertiary/aromatic N) is 4. The van der Waals surface area contributed by atoms with E-state index < -0.39 is 0 Å². The minimum Gasteiger partial charge on any atom is -0.245 e. The Labute approximate surface area is 273 Å². The maximum absolute atomic E-state index is 5.18. The van der Waals surface area contributed by atoms with E-state index in [1.165, 1.54) is 0 Å². The van der Waals surface area contributed by atoms with Gasteiger partial charge in [-0.15, -0.1) is 0 Å². The fraction of sp³-hybridized carbons (Fsp3) is 0.0233. The molecule has 0 aliphatic heterocycles. The lowest BCUT2D eigenvalue weighted by molar-refractivity contribution is 1.33. The Morgan fingerprint density at radius 1 is 0.489 bits per heavy atom. The summed E-state index contributed by atoms with van der Waals surface area (Å²) < 4.78 is 0. The Morgan fingerprint density at radius 2 is 0.936 bits per heavy atom. The van der Waals surface area contributed by atoms with Crippen molar-refractivity contribution in [3.05, 3.63) is 164 Å². The number of allylic oxidation sites excluding steroid dienone is 5. The normalized spacial score (nSPS) is 12.1. The van der Waals surface area contributed by atoms with Crippen LogP contribution in [0.25, 0.3) is 83.0 Å². The molecular formula is C43H30N4. The number of benzene rings is 4. The zero-order chi connectivity index (χ0) is 31.7. The molecule has 0 unspecified atom stereocenters. The fourth-order valence-corrected chi connectivity index (χ4v) is 6.08. The first-order valence-corrected chi connectivity index (χ1v) is 15.7. The molecule has 4 heterocycles. The predicted molar refractivity (Wildman–Crippen MR) is 197 cm³/mol. The van der Waals surface area contributed by atoms with Gasteiger partial charge >= 0.3 is 0 Å². The van der Waals surface area contributed by atoms with Gasteiger partial charge in [-0.05, 0) is 42.8 Å². The molecule has 8 aromatic rings. The zero-order valence-electron chi connectivity index (χ0n) is 25.9. The monoisotopic (exact) mass is 602 g/mol. The highest BCUT2D eigenvalue weighted by Crippen LogP contribution is 2.32. The van der Waals surface area contributed by atoms with Crippen molar-refractivity contribution in [3.8, 4) is 33.8 Å². The summed E-state index contributed by atoms with van der Waals surface area (Å²) in [7, 11) is 0. The number of aromatic nitrogens is 4. The lowest BCUT2D eigenvalue weighted by Crippen LogP contribution is -1.93. The predicted octanol–water partition coefficient (Wildman–Crippen LogP) is 11.0. The molecule has 8 rings (SSSR count). The average molecular weight is 603 g/mol. The molecular weight excluding hydrogens is 573 g/mol. The van der Waals surface area contributed by atoms with Crippen LogP contribution in [0.5, 0.6) is 0 Å². The lowest BCUT2D eigenvalue weighted by Gasteiger charge is -2.10. The minimum absolute atomic E-state index is 0.868. The van der Waals surface area contributed by atoms with Gasteiger partial charge in [0.05, 0.1) is 44.8 Å². The van der Waals surface area contributed by atoms with Crippen LogP contribution in [0.1, 0.15) is 12.6 Å². The second-order valence-corrected chi connectivity index (χ2v) is 11.5. The van der Waals surface area contributed by atoms with Crippen LogP contribution >= 0.6 is 0 Å². The topological polar surface area (TPSA) is 51.6 Å². The van der Waals surface area contributed by atoms with E-state index in [4.69, 9.17) is 19.9 Å². The molecule has 47 heavy (non-hydrogen) atoms. The quantitative estimate of drug-likeness (QED) is 0.140. The molecule has 0 atom stereocenters. The van der Waals surface area contributed by atoms with Crippen molar-refractivity contribution >= 4 is 49.2 Å². The van der Waals surface area contributed by atoms with E-state index in [2.05, 4.69) is 110 Å². The molecule has 0 N–H and O–H groups in total. The molecule has 0 spiro atoms. The Morgan fingerprint density at radius 3 is 1.45 bits per heavy atom. The molecule has 4 heteroatoms. The standard InChI is InChI=1S/C43H30N4/c1-3-5-10-28(4-2)36-23-19-30-15-17-32-21-25-38(46-42(32)40(30)44-36)34-13-9-14-35(27-34)39-26-22-33-18-16-31-20-24-37(29-11-7-6-8-12-29)45-41(31)43(33)47-39/h3-27H,2H2,1H3/b5-3-,28-10+. The maximum atomic E-state index is 5.18. The third kappa shape index (κ3) is 5.26. The van der Waals surface area contributed by atoms with Crippen molar-refractivity contribution in [3.63, 3.8) is 0 Å². The van der Waals surface area contributed by atoms with Crippen molar-refractivity contribution in [2.75, 3.05) is 0 Å². The number of hydrogen-bond donors (Lipinski definition) is 0. The van der Waals surface area contributed by atoms with Gasteiger partial charge in [0.1, 0.15) is 0 Å². The van der Waals surface area contributed by atoms with Gasteiger partial charge in [0.2, 0.25) is 0 Å². The van der Waals surface area contributed by atoms with Crippen LogP contribution < -0.4 is 0 Å². The smallest absolute Gasteiger partial charge is 0.0972 e. The van der Waals surface area contributed by atoms with Crippen LogP contribution in [0.2, 0.25) is 0 Å². The van der Waals surface area contributed by atoms with Gasteiger partial charge in [-0.3, -0.25) is 0 Å². The van der Waals surface area contributed by atoms with E-state index >= 15 is 0 Å².